The Bertz CT molecular complexity index is 365. The van der Waals surface area contributed by atoms with Gasteiger partial charge in [-0.2, -0.15) is 0 Å². The molecule has 0 aliphatic carbocycles. The molecule has 0 saturated carbocycles. The van der Waals surface area contributed by atoms with Crippen LogP contribution in [0.15, 0.2) is 35.7 Å². The third-order valence-corrected chi connectivity index (χ3v) is 1.88. The highest BCUT2D eigenvalue weighted by Gasteiger charge is 2.10. The molecule has 1 aromatic carbocycles. The van der Waals surface area contributed by atoms with Crippen LogP contribution in [0, 0.1) is 5.82 Å². The van der Waals surface area contributed by atoms with Crippen LogP contribution >= 0.6 is 12.6 Å². The summed E-state index contributed by atoms with van der Waals surface area (Å²) in [6, 6.07) is 4.09. The van der Waals surface area contributed by atoms with Gasteiger partial charge in [-0.05, 0) is 18.2 Å². The molecule has 0 bridgehead atoms. The van der Waals surface area contributed by atoms with Gasteiger partial charge in [-0.3, -0.25) is 4.79 Å². The highest BCUT2D eigenvalue weighted by molar-refractivity contribution is 7.80. The van der Waals surface area contributed by atoms with Crippen molar-refractivity contribution in [1.82, 2.24) is 5.32 Å². The van der Waals surface area contributed by atoms with Crippen LogP contribution in [0.2, 0.25) is 0 Å². The van der Waals surface area contributed by atoms with Crippen LogP contribution in [-0.2, 0) is 0 Å². The van der Waals surface area contributed by atoms with E-state index in [2.05, 4.69) is 24.5 Å². The quantitative estimate of drug-likeness (QED) is 0.581. The molecular weight excluding hydrogens is 201 g/mol. The number of thiol groups is 1. The Morgan fingerprint density at radius 2 is 2.36 bits per heavy atom. The van der Waals surface area contributed by atoms with Gasteiger partial charge in [0.2, 0.25) is 0 Å². The smallest absolute Gasteiger partial charge is 0.254 e. The SMILES string of the molecule is C=CCNC(=O)c1cc(S)ccc1F. The minimum absolute atomic E-state index is 0.000602. The molecule has 74 valence electrons. The molecule has 14 heavy (non-hydrogen) atoms. The lowest BCUT2D eigenvalue weighted by atomic mass is 10.2. The molecular formula is C10H10FNOS. The van der Waals surface area contributed by atoms with Gasteiger partial charge < -0.3 is 5.32 Å². The number of hydrogen-bond acceptors (Lipinski definition) is 2. The molecule has 0 aliphatic rings. The van der Waals surface area contributed by atoms with E-state index in [9.17, 15) is 9.18 Å². The predicted molar refractivity (Wildman–Crippen MR) is 56.2 cm³/mol. The average Bonchev–Trinajstić information content (AvgIpc) is 2.18. The maximum atomic E-state index is 13.1. The molecule has 0 aromatic heterocycles. The largest absolute Gasteiger partial charge is 0.348 e. The number of carbonyl (C=O) groups excluding carboxylic acids is 1. The summed E-state index contributed by atoms with van der Waals surface area (Å²) in [5.74, 6) is -1.01. The first-order valence-electron chi connectivity index (χ1n) is 4.02. The number of rotatable bonds is 3. The lowest BCUT2D eigenvalue weighted by Gasteiger charge is -2.03. The van der Waals surface area contributed by atoms with Crippen molar-refractivity contribution < 1.29 is 9.18 Å². The van der Waals surface area contributed by atoms with Crippen molar-refractivity contribution in [3.8, 4) is 0 Å². The van der Waals surface area contributed by atoms with E-state index in [0.29, 0.717) is 11.4 Å². The second-order valence-electron chi connectivity index (χ2n) is 2.66. The summed E-state index contributed by atoms with van der Waals surface area (Å²) in [4.78, 5) is 11.9. The number of nitrogens with one attached hydrogen (secondary N) is 1. The first-order chi connectivity index (χ1) is 6.65. The second kappa shape index (κ2) is 4.81. The van der Waals surface area contributed by atoms with Gasteiger partial charge >= 0.3 is 0 Å². The van der Waals surface area contributed by atoms with E-state index in [1.165, 1.54) is 24.3 Å². The zero-order chi connectivity index (χ0) is 10.6. The Kier molecular flexibility index (Phi) is 3.71. The molecule has 1 rings (SSSR count). The first-order valence-corrected chi connectivity index (χ1v) is 4.47. The van der Waals surface area contributed by atoms with Gasteiger partial charge in [0, 0.05) is 11.4 Å². The van der Waals surface area contributed by atoms with E-state index in [4.69, 9.17) is 0 Å². The standard InChI is InChI=1S/C10H10FNOS/c1-2-5-12-10(13)8-6-7(14)3-4-9(8)11/h2-4,6,14H,1,5H2,(H,12,13). The van der Waals surface area contributed by atoms with E-state index < -0.39 is 11.7 Å². The van der Waals surface area contributed by atoms with Crippen molar-refractivity contribution in [3.05, 3.63) is 42.2 Å². The molecule has 0 spiro atoms. The highest BCUT2D eigenvalue weighted by Crippen LogP contribution is 2.13. The fourth-order valence-electron chi connectivity index (χ4n) is 0.947. The Morgan fingerprint density at radius 3 is 3.00 bits per heavy atom. The van der Waals surface area contributed by atoms with Crippen LogP contribution < -0.4 is 5.32 Å². The van der Waals surface area contributed by atoms with E-state index in [1.807, 2.05) is 0 Å². The van der Waals surface area contributed by atoms with E-state index in [-0.39, 0.29) is 5.56 Å². The van der Waals surface area contributed by atoms with Crippen molar-refractivity contribution in [1.29, 1.82) is 0 Å². The van der Waals surface area contributed by atoms with E-state index in [0.717, 1.165) is 0 Å². The van der Waals surface area contributed by atoms with Gasteiger partial charge in [0.1, 0.15) is 5.82 Å². The molecule has 1 aromatic rings. The van der Waals surface area contributed by atoms with Crippen molar-refractivity contribution >= 4 is 18.5 Å². The summed E-state index contributed by atoms with van der Waals surface area (Å²) in [5, 5.41) is 2.49. The molecule has 1 amide bonds. The van der Waals surface area contributed by atoms with Crippen LogP contribution in [0.5, 0.6) is 0 Å². The minimum atomic E-state index is -0.552. The molecule has 0 heterocycles. The lowest BCUT2D eigenvalue weighted by molar-refractivity contribution is 0.0954. The van der Waals surface area contributed by atoms with Gasteiger partial charge in [-0.1, -0.05) is 6.08 Å². The monoisotopic (exact) mass is 211 g/mol. The maximum absolute atomic E-state index is 13.1. The predicted octanol–water partition coefficient (Wildman–Crippen LogP) is 2.03. The molecule has 0 fully saturated rings. The van der Waals surface area contributed by atoms with Gasteiger partial charge in [0.05, 0.1) is 5.56 Å². The van der Waals surface area contributed by atoms with Crippen LogP contribution in [0.3, 0.4) is 0 Å². The van der Waals surface area contributed by atoms with Gasteiger partial charge in [-0.15, -0.1) is 19.2 Å². The molecule has 2 nitrogen and oxygen atoms in total. The van der Waals surface area contributed by atoms with Crippen LogP contribution in [0.4, 0.5) is 4.39 Å². The molecule has 1 N–H and O–H groups in total. The molecule has 0 aliphatic heterocycles. The Morgan fingerprint density at radius 1 is 1.64 bits per heavy atom. The average molecular weight is 211 g/mol. The van der Waals surface area contributed by atoms with E-state index in [1.54, 1.807) is 0 Å². The summed E-state index contributed by atoms with van der Waals surface area (Å²) in [6.45, 7) is 3.76. The fourth-order valence-corrected chi connectivity index (χ4v) is 1.15. The van der Waals surface area contributed by atoms with Crippen LogP contribution in [-0.4, -0.2) is 12.5 Å². The minimum Gasteiger partial charge on any atom is -0.348 e. The van der Waals surface area contributed by atoms with E-state index >= 15 is 0 Å². The second-order valence-corrected chi connectivity index (χ2v) is 3.18. The maximum Gasteiger partial charge on any atom is 0.254 e. The summed E-state index contributed by atoms with van der Waals surface area (Å²) >= 11 is 4.02. The third kappa shape index (κ3) is 2.60. The Hall–Kier alpha value is -1.29. The molecule has 0 saturated heterocycles. The molecule has 0 unspecified atom stereocenters. The lowest BCUT2D eigenvalue weighted by Crippen LogP contribution is -2.24. The zero-order valence-electron chi connectivity index (χ0n) is 7.46. The Labute approximate surface area is 87.2 Å². The summed E-state index contributed by atoms with van der Waals surface area (Å²) in [5.41, 5.74) is -0.000602. The highest BCUT2D eigenvalue weighted by atomic mass is 32.1. The molecule has 4 heteroatoms. The fraction of sp³-hybridized carbons (Fsp3) is 0.100. The van der Waals surface area contributed by atoms with Crippen molar-refractivity contribution in [2.45, 2.75) is 4.90 Å². The summed E-state index contributed by atoms with van der Waals surface area (Å²) in [6.07, 6.45) is 1.53. The van der Waals surface area contributed by atoms with Gasteiger partial charge in [0.25, 0.3) is 5.91 Å². The van der Waals surface area contributed by atoms with Crippen LogP contribution in [0.25, 0.3) is 0 Å². The van der Waals surface area contributed by atoms with Crippen molar-refractivity contribution in [2.75, 3.05) is 6.54 Å². The zero-order valence-corrected chi connectivity index (χ0v) is 8.35. The topological polar surface area (TPSA) is 29.1 Å². The molecule has 0 atom stereocenters. The number of hydrogen-bond donors (Lipinski definition) is 2. The summed E-state index contributed by atoms with van der Waals surface area (Å²) in [7, 11) is 0. The number of amides is 1. The normalized spacial score (nSPS) is 9.57. The van der Waals surface area contributed by atoms with Crippen molar-refractivity contribution in [2.24, 2.45) is 0 Å². The molecule has 0 radical (unpaired) electrons. The van der Waals surface area contributed by atoms with Gasteiger partial charge in [-0.25, -0.2) is 4.39 Å². The first kappa shape index (κ1) is 10.8. The number of carbonyl (C=O) groups is 1. The third-order valence-electron chi connectivity index (χ3n) is 1.60. The Balaban J connectivity index is 2.88. The van der Waals surface area contributed by atoms with Gasteiger partial charge in [0.15, 0.2) is 0 Å². The number of halogens is 1. The number of benzene rings is 1. The van der Waals surface area contributed by atoms with Crippen LogP contribution in [0.1, 0.15) is 10.4 Å². The van der Waals surface area contributed by atoms with Crippen molar-refractivity contribution in [3.63, 3.8) is 0 Å². The summed E-state index contributed by atoms with van der Waals surface area (Å²) < 4.78 is 13.1.